The molecule has 0 saturated heterocycles. The number of carbonyl (C=O) groups excluding carboxylic acids is 1. The molecule has 1 aromatic heterocycles. The third-order valence-electron chi connectivity index (χ3n) is 3.75. The van der Waals surface area contributed by atoms with Gasteiger partial charge >= 0.3 is 0 Å². The second kappa shape index (κ2) is 4.76. The molecule has 104 valence electrons. The molecule has 1 aromatic carbocycles. The van der Waals surface area contributed by atoms with E-state index in [0.29, 0.717) is 0 Å². The molecule has 3 N–H and O–H groups in total. The molecule has 5 heteroatoms. The second-order valence-electron chi connectivity index (χ2n) is 5.39. The van der Waals surface area contributed by atoms with Crippen LogP contribution in [-0.2, 0) is 4.79 Å². The lowest BCUT2D eigenvalue weighted by Crippen LogP contribution is -2.43. The molecule has 1 unspecified atom stereocenters. The van der Waals surface area contributed by atoms with E-state index in [1.807, 2.05) is 43.5 Å². The molecule has 1 aliphatic rings. The van der Waals surface area contributed by atoms with Crippen LogP contribution in [0.3, 0.4) is 0 Å². The zero-order chi connectivity index (χ0) is 14.2. The van der Waals surface area contributed by atoms with Crippen molar-refractivity contribution >= 4 is 5.91 Å². The van der Waals surface area contributed by atoms with Crippen molar-refractivity contribution in [1.29, 1.82) is 0 Å². The number of amides is 1. The standard InChI is InChI=1S/C15H18N4O/c1-11(18-14(20)15(16)7-8-15)12-3-5-13(6-4-12)19-10-2-9-17-19/h2-6,9-11H,7-8,16H2,1H3,(H,18,20). The van der Waals surface area contributed by atoms with E-state index in [2.05, 4.69) is 10.4 Å². The van der Waals surface area contributed by atoms with Crippen molar-refractivity contribution in [3.05, 3.63) is 48.3 Å². The summed E-state index contributed by atoms with van der Waals surface area (Å²) >= 11 is 0. The molecule has 1 saturated carbocycles. The van der Waals surface area contributed by atoms with Crippen LogP contribution >= 0.6 is 0 Å². The quantitative estimate of drug-likeness (QED) is 0.885. The summed E-state index contributed by atoms with van der Waals surface area (Å²) in [6.07, 6.45) is 5.20. The van der Waals surface area contributed by atoms with E-state index in [0.717, 1.165) is 24.1 Å². The van der Waals surface area contributed by atoms with Gasteiger partial charge in [-0.1, -0.05) is 12.1 Å². The van der Waals surface area contributed by atoms with E-state index in [1.54, 1.807) is 10.9 Å². The van der Waals surface area contributed by atoms with Gasteiger partial charge in [-0.3, -0.25) is 4.79 Å². The van der Waals surface area contributed by atoms with Crippen molar-refractivity contribution in [1.82, 2.24) is 15.1 Å². The highest BCUT2D eigenvalue weighted by molar-refractivity contribution is 5.89. The third-order valence-corrected chi connectivity index (χ3v) is 3.75. The van der Waals surface area contributed by atoms with Crippen LogP contribution in [0.1, 0.15) is 31.4 Å². The largest absolute Gasteiger partial charge is 0.348 e. The van der Waals surface area contributed by atoms with Crippen molar-refractivity contribution < 1.29 is 4.79 Å². The topological polar surface area (TPSA) is 72.9 Å². The maximum absolute atomic E-state index is 11.9. The second-order valence-corrected chi connectivity index (χ2v) is 5.39. The summed E-state index contributed by atoms with van der Waals surface area (Å²) in [5.41, 5.74) is 7.31. The Morgan fingerprint density at radius 2 is 2.10 bits per heavy atom. The summed E-state index contributed by atoms with van der Waals surface area (Å²) in [5.74, 6) is -0.0545. The molecule has 0 bridgehead atoms. The Morgan fingerprint density at radius 3 is 2.65 bits per heavy atom. The fourth-order valence-electron chi connectivity index (χ4n) is 2.12. The molecule has 1 heterocycles. The number of nitrogens with one attached hydrogen (secondary N) is 1. The number of hydrogen-bond donors (Lipinski definition) is 2. The van der Waals surface area contributed by atoms with Gasteiger partial charge in [0.2, 0.25) is 5.91 Å². The first-order chi connectivity index (χ1) is 9.58. The number of nitrogens with two attached hydrogens (primary N) is 1. The van der Waals surface area contributed by atoms with Gasteiger partial charge < -0.3 is 11.1 Å². The molecule has 0 radical (unpaired) electrons. The van der Waals surface area contributed by atoms with E-state index in [1.165, 1.54) is 0 Å². The molecule has 20 heavy (non-hydrogen) atoms. The van der Waals surface area contributed by atoms with E-state index < -0.39 is 5.54 Å². The summed E-state index contributed by atoms with van der Waals surface area (Å²) in [5, 5.41) is 7.15. The van der Waals surface area contributed by atoms with E-state index >= 15 is 0 Å². The van der Waals surface area contributed by atoms with E-state index in [-0.39, 0.29) is 11.9 Å². The smallest absolute Gasteiger partial charge is 0.240 e. The number of benzene rings is 1. The molecule has 2 aromatic rings. The fraction of sp³-hybridized carbons (Fsp3) is 0.333. The van der Waals surface area contributed by atoms with E-state index in [4.69, 9.17) is 5.73 Å². The monoisotopic (exact) mass is 270 g/mol. The van der Waals surface area contributed by atoms with Gasteiger partial charge in [0, 0.05) is 12.4 Å². The van der Waals surface area contributed by atoms with Gasteiger partial charge in [0.05, 0.1) is 17.3 Å². The zero-order valence-corrected chi connectivity index (χ0v) is 11.4. The molecule has 0 aliphatic heterocycles. The number of carbonyl (C=O) groups is 1. The maximum atomic E-state index is 11.9. The average molecular weight is 270 g/mol. The van der Waals surface area contributed by atoms with Gasteiger partial charge in [0.15, 0.2) is 0 Å². The Labute approximate surface area is 117 Å². The molecule has 1 amide bonds. The van der Waals surface area contributed by atoms with Crippen LogP contribution in [0.5, 0.6) is 0 Å². The van der Waals surface area contributed by atoms with Gasteiger partial charge in [-0.15, -0.1) is 0 Å². The molecule has 5 nitrogen and oxygen atoms in total. The van der Waals surface area contributed by atoms with Gasteiger partial charge in [-0.2, -0.15) is 5.10 Å². The van der Waals surface area contributed by atoms with Gasteiger partial charge in [-0.05, 0) is 43.5 Å². The van der Waals surface area contributed by atoms with Crippen LogP contribution in [0, 0.1) is 0 Å². The Morgan fingerprint density at radius 1 is 1.40 bits per heavy atom. The van der Waals surface area contributed by atoms with Gasteiger partial charge in [-0.25, -0.2) is 4.68 Å². The van der Waals surface area contributed by atoms with E-state index in [9.17, 15) is 4.79 Å². The highest BCUT2D eigenvalue weighted by Gasteiger charge is 2.46. The predicted molar refractivity (Wildman–Crippen MR) is 76.3 cm³/mol. The van der Waals surface area contributed by atoms with Gasteiger partial charge in [0.1, 0.15) is 0 Å². The highest BCUT2D eigenvalue weighted by Crippen LogP contribution is 2.32. The first-order valence-electron chi connectivity index (χ1n) is 6.78. The minimum absolute atomic E-state index is 0.0461. The first kappa shape index (κ1) is 12.9. The zero-order valence-electron chi connectivity index (χ0n) is 11.4. The van der Waals surface area contributed by atoms with Crippen LogP contribution < -0.4 is 11.1 Å². The lowest BCUT2D eigenvalue weighted by Gasteiger charge is -2.17. The lowest BCUT2D eigenvalue weighted by atomic mass is 10.1. The van der Waals surface area contributed by atoms with Crippen molar-refractivity contribution in [3.63, 3.8) is 0 Å². The summed E-state index contributed by atoms with van der Waals surface area (Å²) in [6, 6.07) is 9.80. The Kier molecular flexibility index (Phi) is 3.06. The lowest BCUT2D eigenvalue weighted by molar-refractivity contribution is -0.123. The Bertz CT molecular complexity index is 599. The van der Waals surface area contributed by atoms with Crippen molar-refractivity contribution in [2.75, 3.05) is 0 Å². The van der Waals surface area contributed by atoms with Crippen LogP contribution in [0.2, 0.25) is 0 Å². The molecule has 1 aliphatic carbocycles. The number of hydrogen-bond acceptors (Lipinski definition) is 3. The van der Waals surface area contributed by atoms with Crippen molar-refractivity contribution in [3.8, 4) is 5.69 Å². The normalized spacial score (nSPS) is 17.5. The maximum Gasteiger partial charge on any atom is 0.240 e. The first-order valence-corrected chi connectivity index (χ1v) is 6.78. The van der Waals surface area contributed by atoms with Crippen molar-refractivity contribution in [2.45, 2.75) is 31.3 Å². The van der Waals surface area contributed by atoms with Crippen LogP contribution in [0.4, 0.5) is 0 Å². The highest BCUT2D eigenvalue weighted by atomic mass is 16.2. The van der Waals surface area contributed by atoms with Crippen LogP contribution in [-0.4, -0.2) is 21.2 Å². The summed E-state index contributed by atoms with van der Waals surface area (Å²) in [7, 11) is 0. The summed E-state index contributed by atoms with van der Waals surface area (Å²) in [4.78, 5) is 11.9. The molecular weight excluding hydrogens is 252 g/mol. The number of aromatic nitrogens is 2. The fourth-order valence-corrected chi connectivity index (χ4v) is 2.12. The van der Waals surface area contributed by atoms with Crippen LogP contribution in [0.15, 0.2) is 42.7 Å². The Balaban J connectivity index is 1.69. The molecule has 1 fully saturated rings. The van der Waals surface area contributed by atoms with Crippen molar-refractivity contribution in [2.24, 2.45) is 5.73 Å². The molecule has 0 spiro atoms. The minimum Gasteiger partial charge on any atom is -0.348 e. The van der Waals surface area contributed by atoms with Gasteiger partial charge in [0.25, 0.3) is 0 Å². The predicted octanol–water partition coefficient (Wildman–Crippen LogP) is 1.54. The number of nitrogens with zero attached hydrogens (tertiary/aromatic N) is 2. The Hall–Kier alpha value is -2.14. The average Bonchev–Trinajstić information content (AvgIpc) is 3.00. The SMILES string of the molecule is CC(NC(=O)C1(N)CC1)c1ccc(-n2cccn2)cc1. The molecular formula is C15H18N4O. The summed E-state index contributed by atoms with van der Waals surface area (Å²) in [6.45, 7) is 1.96. The molecule has 1 atom stereocenters. The molecule has 3 rings (SSSR count). The third kappa shape index (κ3) is 2.44. The number of rotatable bonds is 4. The summed E-state index contributed by atoms with van der Waals surface area (Å²) < 4.78 is 1.80. The van der Waals surface area contributed by atoms with Crippen LogP contribution in [0.25, 0.3) is 5.69 Å². The minimum atomic E-state index is -0.622.